The van der Waals surface area contributed by atoms with Gasteiger partial charge in [0.2, 0.25) is 0 Å². The van der Waals surface area contributed by atoms with E-state index in [1.54, 1.807) is 0 Å². The summed E-state index contributed by atoms with van der Waals surface area (Å²) in [6, 6.07) is 5.19. The predicted octanol–water partition coefficient (Wildman–Crippen LogP) is 4.11. The van der Waals surface area contributed by atoms with Crippen LogP contribution in [-0.4, -0.2) is 14.7 Å². The number of nitrogens with zero attached hydrogens (tertiary/aromatic N) is 3. The minimum Gasteiger partial charge on any atom is -0.258 e. The number of non-ortho nitro benzene ring substituents is 1. The molecule has 0 saturated carbocycles. The fourth-order valence-electron chi connectivity index (χ4n) is 1.63. The van der Waals surface area contributed by atoms with E-state index in [1.165, 1.54) is 24.3 Å². The maximum absolute atomic E-state index is 12.8. The van der Waals surface area contributed by atoms with Crippen LogP contribution in [-0.2, 0) is 5.88 Å². The Kier molecular flexibility index (Phi) is 4.20. The number of benzene rings is 1. The molecule has 0 aliphatic carbocycles. The van der Waals surface area contributed by atoms with Crippen molar-refractivity contribution >= 4 is 28.9 Å². The summed E-state index contributed by atoms with van der Waals surface area (Å²) in [5.41, 5.74) is -0.243. The molecule has 1 heterocycles. The zero-order chi connectivity index (χ0) is 14.9. The Morgan fingerprint density at radius 1 is 1.35 bits per heavy atom. The molecular formula is C11H7Cl2F2N3O2. The lowest BCUT2D eigenvalue weighted by molar-refractivity contribution is -0.384. The highest BCUT2D eigenvalue weighted by atomic mass is 35.5. The van der Waals surface area contributed by atoms with Crippen molar-refractivity contribution in [3.8, 4) is 5.69 Å². The first-order valence-corrected chi connectivity index (χ1v) is 6.23. The molecule has 0 radical (unpaired) electrons. The van der Waals surface area contributed by atoms with Crippen molar-refractivity contribution in [2.75, 3.05) is 0 Å². The number of rotatable bonds is 4. The molecule has 1 aromatic heterocycles. The molecule has 0 saturated heterocycles. The highest BCUT2D eigenvalue weighted by molar-refractivity contribution is 6.31. The third-order valence-electron chi connectivity index (χ3n) is 2.60. The molecule has 0 atom stereocenters. The molecule has 9 heteroatoms. The van der Waals surface area contributed by atoms with E-state index in [1.807, 2.05) is 0 Å². The van der Waals surface area contributed by atoms with Crippen LogP contribution in [0, 0.1) is 10.1 Å². The van der Waals surface area contributed by atoms with Crippen LogP contribution in [0.25, 0.3) is 5.69 Å². The monoisotopic (exact) mass is 321 g/mol. The lowest BCUT2D eigenvalue weighted by Gasteiger charge is -2.02. The van der Waals surface area contributed by atoms with Gasteiger partial charge < -0.3 is 0 Å². The average molecular weight is 322 g/mol. The van der Waals surface area contributed by atoms with Gasteiger partial charge in [-0.1, -0.05) is 11.6 Å². The van der Waals surface area contributed by atoms with Gasteiger partial charge in [-0.3, -0.25) is 10.1 Å². The Bertz CT molecular complexity index is 644. The van der Waals surface area contributed by atoms with Crippen LogP contribution in [0.15, 0.2) is 24.3 Å². The van der Waals surface area contributed by atoms with Crippen molar-refractivity contribution < 1.29 is 13.7 Å². The van der Waals surface area contributed by atoms with Crippen molar-refractivity contribution in [1.29, 1.82) is 0 Å². The van der Waals surface area contributed by atoms with Gasteiger partial charge in [0.25, 0.3) is 12.1 Å². The quantitative estimate of drug-likeness (QED) is 0.483. The Balaban J connectivity index is 2.50. The Morgan fingerprint density at radius 3 is 2.35 bits per heavy atom. The molecule has 1 aromatic carbocycles. The normalized spacial score (nSPS) is 11.1. The molecule has 0 bridgehead atoms. The zero-order valence-corrected chi connectivity index (χ0v) is 11.3. The zero-order valence-electron chi connectivity index (χ0n) is 9.76. The minimum atomic E-state index is -2.81. The van der Waals surface area contributed by atoms with Crippen LogP contribution >= 0.6 is 23.2 Å². The van der Waals surface area contributed by atoms with Crippen molar-refractivity contribution in [2.45, 2.75) is 12.3 Å². The van der Waals surface area contributed by atoms with Crippen LogP contribution < -0.4 is 0 Å². The predicted molar refractivity (Wildman–Crippen MR) is 69.7 cm³/mol. The number of halogens is 4. The first kappa shape index (κ1) is 14.7. The van der Waals surface area contributed by atoms with Gasteiger partial charge in [0, 0.05) is 17.7 Å². The largest absolute Gasteiger partial charge is 0.282 e. The molecule has 0 N–H and O–H groups in total. The number of nitro groups is 1. The standard InChI is InChI=1S/C11H7Cl2F2N3O2/c12-5-8-9(11(14)15)16-17(10(8)13)6-1-3-7(4-2-6)18(19)20/h1-4,11H,5H2. The van der Waals surface area contributed by atoms with Crippen LogP contribution in [0.4, 0.5) is 14.5 Å². The molecule has 0 fully saturated rings. The fraction of sp³-hybridized carbons (Fsp3) is 0.182. The molecule has 0 spiro atoms. The topological polar surface area (TPSA) is 61.0 Å². The van der Waals surface area contributed by atoms with E-state index in [9.17, 15) is 18.9 Å². The summed E-state index contributed by atoms with van der Waals surface area (Å²) < 4.78 is 26.7. The smallest absolute Gasteiger partial charge is 0.258 e. The van der Waals surface area contributed by atoms with Crippen LogP contribution in [0.1, 0.15) is 17.7 Å². The van der Waals surface area contributed by atoms with E-state index < -0.39 is 17.0 Å². The van der Waals surface area contributed by atoms with E-state index in [2.05, 4.69) is 5.10 Å². The van der Waals surface area contributed by atoms with Crippen molar-refractivity contribution in [3.05, 3.63) is 50.8 Å². The van der Waals surface area contributed by atoms with Crippen molar-refractivity contribution in [1.82, 2.24) is 9.78 Å². The lowest BCUT2D eigenvalue weighted by Crippen LogP contribution is -1.98. The van der Waals surface area contributed by atoms with E-state index in [4.69, 9.17) is 23.2 Å². The molecule has 106 valence electrons. The molecule has 0 aliphatic rings. The third-order valence-corrected chi connectivity index (χ3v) is 3.25. The molecule has 20 heavy (non-hydrogen) atoms. The minimum absolute atomic E-state index is 0.0378. The van der Waals surface area contributed by atoms with Gasteiger partial charge in [0.05, 0.1) is 16.5 Å². The summed E-state index contributed by atoms with van der Waals surface area (Å²) in [6.45, 7) is 0. The average Bonchev–Trinajstić information content (AvgIpc) is 2.76. The summed E-state index contributed by atoms with van der Waals surface area (Å²) in [5, 5.41) is 14.2. The summed E-state index contributed by atoms with van der Waals surface area (Å²) in [6.07, 6.45) is -2.81. The van der Waals surface area contributed by atoms with Gasteiger partial charge >= 0.3 is 0 Å². The number of hydrogen-bond acceptors (Lipinski definition) is 3. The van der Waals surface area contributed by atoms with E-state index >= 15 is 0 Å². The maximum atomic E-state index is 12.8. The second-order valence-corrected chi connectivity index (χ2v) is 4.40. The van der Waals surface area contributed by atoms with E-state index in [-0.39, 0.29) is 22.3 Å². The lowest BCUT2D eigenvalue weighted by atomic mass is 10.3. The van der Waals surface area contributed by atoms with Gasteiger partial charge in [0.1, 0.15) is 10.8 Å². The third kappa shape index (κ3) is 2.59. The molecular weight excluding hydrogens is 315 g/mol. The number of alkyl halides is 3. The Hall–Kier alpha value is -1.73. The molecule has 0 aliphatic heterocycles. The van der Waals surface area contributed by atoms with Gasteiger partial charge in [-0.25, -0.2) is 13.5 Å². The number of nitro benzene ring substituents is 1. The summed E-state index contributed by atoms with van der Waals surface area (Å²) in [4.78, 5) is 9.98. The summed E-state index contributed by atoms with van der Waals surface area (Å²) in [5.74, 6) is -0.203. The Labute approximate surface area is 121 Å². The second kappa shape index (κ2) is 5.72. The van der Waals surface area contributed by atoms with Gasteiger partial charge in [-0.05, 0) is 12.1 Å². The molecule has 2 aromatic rings. The second-order valence-electron chi connectivity index (χ2n) is 3.77. The highest BCUT2D eigenvalue weighted by Crippen LogP contribution is 2.31. The maximum Gasteiger partial charge on any atom is 0.282 e. The summed E-state index contributed by atoms with van der Waals surface area (Å²) in [7, 11) is 0. The van der Waals surface area contributed by atoms with Crippen LogP contribution in [0.2, 0.25) is 5.15 Å². The highest BCUT2D eigenvalue weighted by Gasteiger charge is 2.23. The molecule has 0 unspecified atom stereocenters. The van der Waals surface area contributed by atoms with Crippen LogP contribution in [0.3, 0.4) is 0 Å². The van der Waals surface area contributed by atoms with Gasteiger partial charge in [0.15, 0.2) is 0 Å². The number of aromatic nitrogens is 2. The fourth-order valence-corrected chi connectivity index (χ4v) is 2.26. The van der Waals surface area contributed by atoms with Crippen molar-refractivity contribution in [3.63, 3.8) is 0 Å². The van der Waals surface area contributed by atoms with Gasteiger partial charge in [-0.2, -0.15) is 5.10 Å². The van der Waals surface area contributed by atoms with Crippen LogP contribution in [0.5, 0.6) is 0 Å². The Morgan fingerprint density at radius 2 is 1.95 bits per heavy atom. The summed E-state index contributed by atoms with van der Waals surface area (Å²) >= 11 is 11.5. The van der Waals surface area contributed by atoms with Gasteiger partial charge in [-0.15, -0.1) is 11.6 Å². The SMILES string of the molecule is O=[N+]([O-])c1ccc(-n2nc(C(F)F)c(CCl)c2Cl)cc1. The molecule has 0 amide bonds. The van der Waals surface area contributed by atoms with Crippen molar-refractivity contribution in [2.24, 2.45) is 0 Å². The molecule has 2 rings (SSSR count). The van der Waals surface area contributed by atoms with E-state index in [0.717, 1.165) is 4.68 Å². The first-order chi connectivity index (χ1) is 9.45. The first-order valence-electron chi connectivity index (χ1n) is 5.32. The van der Waals surface area contributed by atoms with E-state index in [0.29, 0.717) is 5.69 Å². The number of hydrogen-bond donors (Lipinski definition) is 0. The molecule has 5 nitrogen and oxygen atoms in total.